The molecule has 1 fully saturated rings. The lowest BCUT2D eigenvalue weighted by Gasteiger charge is -2.30. The van der Waals surface area contributed by atoms with E-state index in [1.54, 1.807) is 0 Å². The van der Waals surface area contributed by atoms with Gasteiger partial charge in [0.05, 0.1) is 6.61 Å². The van der Waals surface area contributed by atoms with Crippen LogP contribution in [-0.2, 0) is 14.3 Å². The summed E-state index contributed by atoms with van der Waals surface area (Å²) in [6.45, 7) is 4.91. The van der Waals surface area contributed by atoms with E-state index in [0.717, 1.165) is 36.8 Å². The molecule has 0 aliphatic heterocycles. The first-order chi connectivity index (χ1) is 8.49. The third kappa shape index (κ3) is 5.34. The summed E-state index contributed by atoms with van der Waals surface area (Å²) in [6, 6.07) is 0. The van der Waals surface area contributed by atoms with Crippen LogP contribution >= 0.6 is 0 Å². The van der Waals surface area contributed by atoms with Crippen LogP contribution in [0.2, 0.25) is 0 Å². The van der Waals surface area contributed by atoms with Gasteiger partial charge in [0.25, 0.3) is 0 Å². The van der Waals surface area contributed by atoms with Crippen LogP contribution in [0, 0.1) is 17.8 Å². The van der Waals surface area contributed by atoms with Gasteiger partial charge in [-0.25, -0.2) is 9.59 Å². The van der Waals surface area contributed by atoms with Gasteiger partial charge in [-0.1, -0.05) is 13.8 Å². The van der Waals surface area contributed by atoms with Crippen molar-refractivity contribution < 1.29 is 19.4 Å². The van der Waals surface area contributed by atoms with Crippen molar-refractivity contribution in [2.24, 2.45) is 17.8 Å². The molecule has 0 saturated heterocycles. The first kappa shape index (κ1) is 14.7. The maximum Gasteiger partial charge on any atom is 0.331 e. The van der Waals surface area contributed by atoms with Gasteiger partial charge in [0.1, 0.15) is 0 Å². The van der Waals surface area contributed by atoms with Crippen molar-refractivity contribution in [3.8, 4) is 0 Å². The van der Waals surface area contributed by atoms with Gasteiger partial charge < -0.3 is 9.84 Å². The first-order valence-corrected chi connectivity index (χ1v) is 6.56. The summed E-state index contributed by atoms with van der Waals surface area (Å²) in [6.07, 6.45) is 6.35. The number of hydrogen-bond donors (Lipinski definition) is 1. The van der Waals surface area contributed by atoms with Crippen LogP contribution < -0.4 is 0 Å². The van der Waals surface area contributed by atoms with Crippen LogP contribution in [0.25, 0.3) is 0 Å². The molecule has 0 spiro atoms. The fourth-order valence-corrected chi connectivity index (χ4v) is 2.41. The van der Waals surface area contributed by atoms with Crippen LogP contribution in [0.5, 0.6) is 0 Å². The van der Waals surface area contributed by atoms with Crippen LogP contribution in [0.1, 0.15) is 39.5 Å². The highest BCUT2D eigenvalue weighted by Gasteiger charge is 2.23. The van der Waals surface area contributed by atoms with E-state index in [2.05, 4.69) is 13.8 Å². The first-order valence-electron chi connectivity index (χ1n) is 6.56. The van der Waals surface area contributed by atoms with Crippen molar-refractivity contribution >= 4 is 11.9 Å². The fourth-order valence-electron chi connectivity index (χ4n) is 2.41. The number of carbonyl (C=O) groups excluding carboxylic acids is 1. The largest absolute Gasteiger partial charge is 0.478 e. The van der Waals surface area contributed by atoms with Crippen molar-refractivity contribution in [1.82, 2.24) is 0 Å². The summed E-state index contributed by atoms with van der Waals surface area (Å²) in [5, 5.41) is 8.37. The Morgan fingerprint density at radius 1 is 1.22 bits per heavy atom. The summed E-state index contributed by atoms with van der Waals surface area (Å²) in [5.74, 6) is 0.255. The minimum atomic E-state index is -1.13. The van der Waals surface area contributed by atoms with Gasteiger partial charge in [-0.3, -0.25) is 0 Å². The molecule has 4 nitrogen and oxygen atoms in total. The van der Waals surface area contributed by atoms with Crippen LogP contribution in [0.15, 0.2) is 12.2 Å². The minimum Gasteiger partial charge on any atom is -0.478 e. The van der Waals surface area contributed by atoms with Gasteiger partial charge >= 0.3 is 11.9 Å². The van der Waals surface area contributed by atoms with E-state index in [1.807, 2.05) is 0 Å². The van der Waals surface area contributed by atoms with Gasteiger partial charge in [-0.2, -0.15) is 0 Å². The lowest BCUT2D eigenvalue weighted by Crippen LogP contribution is -2.22. The molecule has 1 aliphatic rings. The van der Waals surface area contributed by atoms with Gasteiger partial charge in [0, 0.05) is 12.2 Å². The third-order valence-electron chi connectivity index (χ3n) is 3.66. The molecule has 0 bridgehead atoms. The zero-order valence-corrected chi connectivity index (χ0v) is 11.1. The van der Waals surface area contributed by atoms with Crippen LogP contribution in [0.3, 0.4) is 0 Å². The Morgan fingerprint density at radius 2 is 1.83 bits per heavy atom. The van der Waals surface area contributed by atoms with E-state index in [1.165, 1.54) is 12.8 Å². The Bertz CT molecular complexity index is 312. The van der Waals surface area contributed by atoms with Crippen molar-refractivity contribution in [2.75, 3.05) is 6.61 Å². The van der Waals surface area contributed by atoms with Crippen LogP contribution in [-0.4, -0.2) is 23.7 Å². The molecule has 1 aliphatic carbocycles. The molecular formula is C14H22O4. The Hall–Kier alpha value is -1.32. The van der Waals surface area contributed by atoms with Gasteiger partial charge in [0.15, 0.2) is 0 Å². The Kier molecular flexibility index (Phi) is 5.89. The molecule has 1 N–H and O–H groups in total. The number of ether oxygens (including phenoxy) is 1. The standard InChI is InChI=1S/C14H22O4/c1-10(2)12-5-3-11(4-6-12)9-18-14(17)8-7-13(15)16/h7-8,10-12H,3-6,9H2,1-2H3,(H,15,16)/b8-7+. The normalized spacial score (nSPS) is 24.4. The highest BCUT2D eigenvalue weighted by molar-refractivity contribution is 5.90. The summed E-state index contributed by atoms with van der Waals surface area (Å²) < 4.78 is 5.04. The van der Waals surface area contributed by atoms with E-state index in [0.29, 0.717) is 12.5 Å². The molecule has 0 heterocycles. The quantitative estimate of drug-likeness (QED) is 0.605. The molecule has 18 heavy (non-hydrogen) atoms. The Labute approximate surface area is 108 Å². The van der Waals surface area contributed by atoms with E-state index < -0.39 is 11.9 Å². The number of esters is 1. The minimum absolute atomic E-state index is 0.410. The van der Waals surface area contributed by atoms with Crippen LogP contribution in [0.4, 0.5) is 0 Å². The monoisotopic (exact) mass is 254 g/mol. The van der Waals surface area contributed by atoms with Crippen molar-refractivity contribution in [3.05, 3.63) is 12.2 Å². The molecule has 0 radical (unpaired) electrons. The predicted octanol–water partition coefficient (Wildman–Crippen LogP) is 2.63. The zero-order valence-electron chi connectivity index (χ0n) is 11.1. The lowest BCUT2D eigenvalue weighted by atomic mass is 9.77. The number of aliphatic carboxylic acids is 1. The summed E-state index contributed by atoms with van der Waals surface area (Å²) in [4.78, 5) is 21.4. The van der Waals surface area contributed by atoms with Crippen molar-refractivity contribution in [3.63, 3.8) is 0 Å². The number of rotatable bonds is 5. The van der Waals surface area contributed by atoms with E-state index in [4.69, 9.17) is 9.84 Å². The number of hydrogen-bond acceptors (Lipinski definition) is 3. The molecule has 0 unspecified atom stereocenters. The number of carboxylic acids is 1. The summed E-state index contributed by atoms with van der Waals surface area (Å²) in [5.41, 5.74) is 0. The van der Waals surface area contributed by atoms with Gasteiger partial charge in [-0.05, 0) is 43.4 Å². The topological polar surface area (TPSA) is 63.6 Å². The highest BCUT2D eigenvalue weighted by Crippen LogP contribution is 2.33. The molecule has 0 aromatic heterocycles. The molecule has 1 rings (SSSR count). The Morgan fingerprint density at radius 3 is 2.33 bits per heavy atom. The van der Waals surface area contributed by atoms with E-state index in [9.17, 15) is 9.59 Å². The Balaban J connectivity index is 2.22. The molecule has 4 heteroatoms. The van der Waals surface area contributed by atoms with Gasteiger partial charge in [0.2, 0.25) is 0 Å². The number of carboxylic acid groups (broad SMARTS) is 1. The summed E-state index contributed by atoms with van der Waals surface area (Å²) in [7, 11) is 0. The average Bonchev–Trinajstić information content (AvgIpc) is 2.34. The molecule has 0 amide bonds. The maximum absolute atomic E-state index is 11.2. The summed E-state index contributed by atoms with van der Waals surface area (Å²) >= 11 is 0. The fraction of sp³-hybridized carbons (Fsp3) is 0.714. The van der Waals surface area contributed by atoms with Gasteiger partial charge in [-0.15, -0.1) is 0 Å². The third-order valence-corrected chi connectivity index (χ3v) is 3.66. The molecular weight excluding hydrogens is 232 g/mol. The van der Waals surface area contributed by atoms with E-state index in [-0.39, 0.29) is 0 Å². The molecule has 1 saturated carbocycles. The van der Waals surface area contributed by atoms with Crippen molar-refractivity contribution in [2.45, 2.75) is 39.5 Å². The molecule has 0 aromatic carbocycles. The van der Waals surface area contributed by atoms with E-state index >= 15 is 0 Å². The van der Waals surface area contributed by atoms with Crippen molar-refractivity contribution in [1.29, 1.82) is 0 Å². The number of carbonyl (C=O) groups is 2. The predicted molar refractivity (Wildman–Crippen MR) is 68.0 cm³/mol. The second-order valence-electron chi connectivity index (χ2n) is 5.33. The molecule has 0 aromatic rings. The average molecular weight is 254 g/mol. The SMILES string of the molecule is CC(C)C1CCC(COC(=O)/C=C/C(=O)O)CC1. The molecule has 0 atom stereocenters. The smallest absolute Gasteiger partial charge is 0.331 e. The highest BCUT2D eigenvalue weighted by atomic mass is 16.5. The lowest BCUT2D eigenvalue weighted by molar-refractivity contribution is -0.140. The second kappa shape index (κ2) is 7.19. The maximum atomic E-state index is 11.2. The second-order valence-corrected chi connectivity index (χ2v) is 5.33. The molecule has 102 valence electrons. The zero-order chi connectivity index (χ0) is 13.5.